The van der Waals surface area contributed by atoms with Crippen molar-refractivity contribution in [2.75, 3.05) is 12.3 Å². The van der Waals surface area contributed by atoms with Gasteiger partial charge in [0, 0.05) is 12.5 Å². The van der Waals surface area contributed by atoms with E-state index in [2.05, 4.69) is 10.2 Å². The Morgan fingerprint density at radius 3 is 2.68 bits per heavy atom. The normalized spacial score (nSPS) is 10.4. The molecule has 0 saturated carbocycles. The zero-order valence-corrected chi connectivity index (χ0v) is 10.8. The Hall–Kier alpha value is -2.30. The van der Waals surface area contributed by atoms with Gasteiger partial charge in [-0.15, -0.1) is 0 Å². The first-order valence-electron chi connectivity index (χ1n) is 6.19. The number of hydrogen-bond acceptors (Lipinski definition) is 4. The number of nitrogen functional groups attached to an aromatic ring is 1. The second-order valence-corrected chi connectivity index (χ2v) is 4.38. The van der Waals surface area contributed by atoms with E-state index in [9.17, 15) is 4.79 Å². The molecule has 0 unspecified atom stereocenters. The van der Waals surface area contributed by atoms with Crippen molar-refractivity contribution in [3.63, 3.8) is 0 Å². The van der Waals surface area contributed by atoms with Crippen LogP contribution in [0.3, 0.4) is 0 Å². The zero-order chi connectivity index (χ0) is 13.7. The fourth-order valence-corrected chi connectivity index (χ4v) is 1.73. The summed E-state index contributed by atoms with van der Waals surface area (Å²) in [7, 11) is 0. The molecular weight excluding hydrogens is 242 g/mol. The molecule has 0 spiro atoms. The molecule has 0 amide bonds. The summed E-state index contributed by atoms with van der Waals surface area (Å²) < 4.78 is 5.55. The van der Waals surface area contributed by atoms with Crippen LogP contribution < -0.4 is 10.5 Å². The highest BCUT2D eigenvalue weighted by Gasteiger charge is 2.02. The zero-order valence-electron chi connectivity index (χ0n) is 10.8. The van der Waals surface area contributed by atoms with Crippen LogP contribution in [0, 0.1) is 0 Å². The second-order valence-electron chi connectivity index (χ2n) is 4.38. The topological polar surface area (TPSA) is 81.0 Å². The summed E-state index contributed by atoms with van der Waals surface area (Å²) in [5, 5.41) is 6.73. The maximum absolute atomic E-state index is 10.8. The number of ketones is 1. The van der Waals surface area contributed by atoms with Gasteiger partial charge < -0.3 is 15.3 Å². The SMILES string of the molecule is CC(=O)CCCOc1ccc(-c2cc(N)n[nH]2)cc1. The Kier molecular flexibility index (Phi) is 4.18. The first-order valence-corrected chi connectivity index (χ1v) is 6.19. The molecule has 2 rings (SSSR count). The van der Waals surface area contributed by atoms with Gasteiger partial charge in [0.15, 0.2) is 0 Å². The van der Waals surface area contributed by atoms with Crippen LogP contribution >= 0.6 is 0 Å². The maximum atomic E-state index is 10.8. The van der Waals surface area contributed by atoms with Crippen molar-refractivity contribution in [2.45, 2.75) is 19.8 Å². The number of carbonyl (C=O) groups is 1. The molecule has 5 heteroatoms. The quantitative estimate of drug-likeness (QED) is 0.780. The summed E-state index contributed by atoms with van der Waals surface area (Å²) >= 11 is 0. The van der Waals surface area contributed by atoms with E-state index >= 15 is 0 Å². The molecule has 0 atom stereocenters. The number of carbonyl (C=O) groups excluding carboxylic acids is 1. The number of nitrogens with two attached hydrogens (primary N) is 1. The monoisotopic (exact) mass is 259 g/mol. The Labute approximate surface area is 111 Å². The molecule has 0 fully saturated rings. The van der Waals surface area contributed by atoms with Crippen LogP contribution in [0.25, 0.3) is 11.3 Å². The van der Waals surface area contributed by atoms with Crippen LogP contribution in [0.5, 0.6) is 5.75 Å². The Balaban J connectivity index is 1.90. The van der Waals surface area contributed by atoms with E-state index < -0.39 is 0 Å². The van der Waals surface area contributed by atoms with E-state index in [1.54, 1.807) is 13.0 Å². The number of H-pyrrole nitrogens is 1. The minimum Gasteiger partial charge on any atom is -0.494 e. The molecule has 5 nitrogen and oxygen atoms in total. The lowest BCUT2D eigenvalue weighted by Crippen LogP contribution is -2.00. The highest BCUT2D eigenvalue weighted by molar-refractivity contribution is 5.75. The number of ether oxygens (including phenoxy) is 1. The number of rotatable bonds is 6. The molecule has 100 valence electrons. The fourth-order valence-electron chi connectivity index (χ4n) is 1.73. The van der Waals surface area contributed by atoms with Gasteiger partial charge in [-0.05, 0) is 43.2 Å². The molecule has 1 aromatic carbocycles. The summed E-state index contributed by atoms with van der Waals surface area (Å²) in [6, 6.07) is 9.43. The van der Waals surface area contributed by atoms with E-state index in [0.29, 0.717) is 18.8 Å². The Morgan fingerprint density at radius 1 is 1.37 bits per heavy atom. The number of hydrogen-bond donors (Lipinski definition) is 2. The third kappa shape index (κ3) is 3.84. The van der Waals surface area contributed by atoms with Crippen LogP contribution in [-0.2, 0) is 4.79 Å². The van der Waals surface area contributed by atoms with Gasteiger partial charge in [0.05, 0.1) is 12.3 Å². The molecule has 0 bridgehead atoms. The molecule has 0 aliphatic carbocycles. The molecule has 0 saturated heterocycles. The summed E-state index contributed by atoms with van der Waals surface area (Å²) in [5.74, 6) is 1.45. The van der Waals surface area contributed by atoms with Gasteiger partial charge in [-0.1, -0.05) is 0 Å². The van der Waals surface area contributed by atoms with Crippen LogP contribution in [-0.4, -0.2) is 22.6 Å². The predicted octanol–water partition coefficient (Wildman–Crippen LogP) is 2.41. The van der Waals surface area contributed by atoms with Crippen molar-refractivity contribution in [3.05, 3.63) is 30.3 Å². The highest BCUT2D eigenvalue weighted by atomic mass is 16.5. The van der Waals surface area contributed by atoms with Crippen LogP contribution in [0.15, 0.2) is 30.3 Å². The second kappa shape index (κ2) is 6.04. The maximum Gasteiger partial charge on any atom is 0.145 e. The van der Waals surface area contributed by atoms with Gasteiger partial charge in [0.2, 0.25) is 0 Å². The van der Waals surface area contributed by atoms with Crippen molar-refractivity contribution in [2.24, 2.45) is 0 Å². The average Bonchev–Trinajstić information content (AvgIpc) is 2.82. The lowest BCUT2D eigenvalue weighted by molar-refractivity contribution is -0.117. The number of anilines is 1. The third-order valence-corrected chi connectivity index (χ3v) is 2.70. The van der Waals surface area contributed by atoms with E-state index in [0.717, 1.165) is 23.4 Å². The number of aromatic nitrogens is 2. The molecule has 0 radical (unpaired) electrons. The summed E-state index contributed by atoms with van der Waals surface area (Å²) in [6.45, 7) is 2.14. The smallest absolute Gasteiger partial charge is 0.145 e. The largest absolute Gasteiger partial charge is 0.494 e. The number of Topliss-reactive ketones (excluding diaryl/α,β-unsaturated/α-hetero) is 1. The van der Waals surface area contributed by atoms with Gasteiger partial charge in [0.25, 0.3) is 0 Å². The first-order chi connectivity index (χ1) is 9.15. The van der Waals surface area contributed by atoms with E-state index in [4.69, 9.17) is 10.5 Å². The minimum absolute atomic E-state index is 0.191. The molecule has 1 aromatic heterocycles. The van der Waals surface area contributed by atoms with Crippen LogP contribution in [0.1, 0.15) is 19.8 Å². The van der Waals surface area contributed by atoms with Gasteiger partial charge >= 0.3 is 0 Å². The standard InChI is InChI=1S/C14H17N3O2/c1-10(18)3-2-8-19-12-6-4-11(5-7-12)13-9-14(15)17-16-13/h4-7,9H,2-3,8H2,1H3,(H3,15,16,17). The van der Waals surface area contributed by atoms with Crippen molar-refractivity contribution < 1.29 is 9.53 Å². The molecule has 0 aliphatic rings. The van der Waals surface area contributed by atoms with E-state index in [1.807, 2.05) is 24.3 Å². The first kappa shape index (κ1) is 13.1. The van der Waals surface area contributed by atoms with Crippen molar-refractivity contribution in [1.82, 2.24) is 10.2 Å². The van der Waals surface area contributed by atoms with Crippen molar-refractivity contribution in [3.8, 4) is 17.0 Å². The molecular formula is C14H17N3O2. The Bertz CT molecular complexity index is 546. The number of nitrogens with one attached hydrogen (secondary N) is 1. The average molecular weight is 259 g/mol. The minimum atomic E-state index is 0.191. The number of nitrogens with zero attached hydrogens (tertiary/aromatic N) is 1. The number of benzene rings is 1. The summed E-state index contributed by atoms with van der Waals surface area (Å²) in [4.78, 5) is 10.8. The molecule has 2 aromatic rings. The third-order valence-electron chi connectivity index (χ3n) is 2.70. The van der Waals surface area contributed by atoms with Gasteiger partial charge in [0.1, 0.15) is 17.4 Å². The van der Waals surface area contributed by atoms with Gasteiger partial charge in [-0.25, -0.2) is 0 Å². The fraction of sp³-hybridized carbons (Fsp3) is 0.286. The van der Waals surface area contributed by atoms with Gasteiger partial charge in [-0.2, -0.15) is 5.10 Å². The molecule has 1 heterocycles. The Morgan fingerprint density at radius 2 is 2.11 bits per heavy atom. The van der Waals surface area contributed by atoms with Crippen LogP contribution in [0.2, 0.25) is 0 Å². The number of aromatic amines is 1. The van der Waals surface area contributed by atoms with E-state index in [-0.39, 0.29) is 5.78 Å². The highest BCUT2D eigenvalue weighted by Crippen LogP contribution is 2.21. The van der Waals surface area contributed by atoms with E-state index in [1.165, 1.54) is 0 Å². The van der Waals surface area contributed by atoms with Crippen LogP contribution in [0.4, 0.5) is 5.82 Å². The predicted molar refractivity (Wildman–Crippen MR) is 73.8 cm³/mol. The lowest BCUT2D eigenvalue weighted by atomic mass is 10.1. The molecule has 3 N–H and O–H groups in total. The lowest BCUT2D eigenvalue weighted by Gasteiger charge is -2.06. The summed E-state index contributed by atoms with van der Waals surface area (Å²) in [5.41, 5.74) is 7.43. The van der Waals surface area contributed by atoms with Gasteiger partial charge in [-0.3, -0.25) is 5.10 Å². The molecule has 19 heavy (non-hydrogen) atoms. The van der Waals surface area contributed by atoms with Crippen molar-refractivity contribution >= 4 is 11.6 Å². The summed E-state index contributed by atoms with van der Waals surface area (Å²) in [6.07, 6.45) is 1.31. The molecule has 0 aliphatic heterocycles. The van der Waals surface area contributed by atoms with Crippen molar-refractivity contribution in [1.29, 1.82) is 0 Å².